The van der Waals surface area contributed by atoms with Crippen LogP contribution >= 0.6 is 11.6 Å². The predicted molar refractivity (Wildman–Crippen MR) is 144 cm³/mol. The Morgan fingerprint density at radius 2 is 1.92 bits per heavy atom. The molecule has 37 heavy (non-hydrogen) atoms. The highest BCUT2D eigenvalue weighted by Gasteiger charge is 2.21. The fraction of sp³-hybridized carbons (Fsp3) is 0.308. The van der Waals surface area contributed by atoms with Gasteiger partial charge in [-0.05, 0) is 79.9 Å². The van der Waals surface area contributed by atoms with Crippen molar-refractivity contribution in [2.24, 2.45) is 0 Å². The maximum atomic E-state index is 13.3. The lowest BCUT2D eigenvalue weighted by Gasteiger charge is -2.17. The normalized spacial score (nSPS) is 14.2. The zero-order chi connectivity index (χ0) is 26.2. The lowest BCUT2D eigenvalue weighted by atomic mass is 10.1. The van der Waals surface area contributed by atoms with Gasteiger partial charge in [0, 0.05) is 25.0 Å². The highest BCUT2D eigenvalue weighted by atomic mass is 35.5. The van der Waals surface area contributed by atoms with Crippen LogP contribution in [0.25, 0.3) is 0 Å². The van der Waals surface area contributed by atoms with E-state index in [0.29, 0.717) is 28.1 Å². The molecule has 4 rings (SSSR count). The van der Waals surface area contributed by atoms with Crippen LogP contribution < -0.4 is 15.4 Å². The summed E-state index contributed by atoms with van der Waals surface area (Å²) in [6.07, 6.45) is 7.70. The molecule has 1 unspecified atom stereocenters. The van der Waals surface area contributed by atoms with Gasteiger partial charge in [0.05, 0.1) is 22.9 Å². The number of hydrogen-bond donors (Lipinski definition) is 2. The van der Waals surface area contributed by atoms with Gasteiger partial charge in [0.1, 0.15) is 17.8 Å². The minimum atomic E-state index is -1.24. The number of halogens is 1. The summed E-state index contributed by atoms with van der Waals surface area (Å²) < 4.78 is 18.0. The second-order valence-corrected chi connectivity index (χ2v) is 10.3. The molecule has 0 spiro atoms. The quantitative estimate of drug-likeness (QED) is 0.291. The van der Waals surface area contributed by atoms with E-state index < -0.39 is 23.0 Å². The van der Waals surface area contributed by atoms with E-state index in [4.69, 9.17) is 16.3 Å². The third-order valence-corrected chi connectivity index (χ3v) is 6.99. The van der Waals surface area contributed by atoms with E-state index in [1.807, 2.05) is 0 Å². The molecule has 1 aliphatic heterocycles. The molecule has 0 saturated carbocycles. The van der Waals surface area contributed by atoms with E-state index in [1.54, 1.807) is 48.7 Å². The molecule has 0 aliphatic carbocycles. The molecule has 1 aliphatic rings. The number of anilines is 2. The first kappa shape index (κ1) is 26.9. The van der Waals surface area contributed by atoms with Gasteiger partial charge in [0.25, 0.3) is 11.8 Å². The van der Waals surface area contributed by atoms with E-state index in [0.717, 1.165) is 26.1 Å². The van der Waals surface area contributed by atoms with Crippen molar-refractivity contribution in [3.63, 3.8) is 0 Å². The fourth-order valence-electron chi connectivity index (χ4n) is 3.97. The van der Waals surface area contributed by atoms with E-state index >= 15 is 0 Å². The van der Waals surface area contributed by atoms with E-state index in [-0.39, 0.29) is 16.9 Å². The third kappa shape index (κ3) is 7.42. The number of amides is 2. The van der Waals surface area contributed by atoms with Gasteiger partial charge in [-0.3, -0.25) is 9.59 Å². The average molecular weight is 542 g/mol. The van der Waals surface area contributed by atoms with Gasteiger partial charge < -0.3 is 24.8 Å². The summed E-state index contributed by atoms with van der Waals surface area (Å²) in [6.45, 7) is 3.56. The van der Waals surface area contributed by atoms with Gasteiger partial charge in [-0.25, -0.2) is 9.97 Å². The van der Waals surface area contributed by atoms with Crippen LogP contribution in [0, 0.1) is 0 Å². The average Bonchev–Trinajstić information content (AvgIpc) is 3.41. The number of nitrogens with one attached hydrogen (secondary N) is 2. The molecule has 11 heteroatoms. The molecule has 0 bridgehead atoms. The number of hydrogen-bond acceptors (Lipinski definition) is 7. The van der Waals surface area contributed by atoms with Crippen LogP contribution in [0.3, 0.4) is 0 Å². The van der Waals surface area contributed by atoms with Crippen LogP contribution in [0.1, 0.15) is 40.1 Å². The number of benzene rings is 1. The topological polar surface area (TPSA) is 120 Å². The van der Waals surface area contributed by atoms with Gasteiger partial charge in [-0.1, -0.05) is 11.6 Å². The number of pyridine rings is 2. The number of nitrogens with zero attached hydrogens (tertiary/aromatic N) is 3. The number of carbonyl (C=O) groups excluding carboxylic acids is 2. The molecule has 1 saturated heterocycles. The molecule has 1 fully saturated rings. The van der Waals surface area contributed by atoms with Crippen molar-refractivity contribution >= 4 is 46.1 Å². The second-order valence-electron chi connectivity index (χ2n) is 8.53. The summed E-state index contributed by atoms with van der Waals surface area (Å²) in [4.78, 5) is 37.3. The zero-order valence-electron chi connectivity index (χ0n) is 20.4. The molecular formula is C26H28ClN5O4S. The number of aromatic nitrogens is 2. The minimum absolute atomic E-state index is 0.0203. The molecule has 3 aromatic rings. The molecule has 9 nitrogen and oxygen atoms in total. The van der Waals surface area contributed by atoms with Gasteiger partial charge in [-0.2, -0.15) is 0 Å². The highest BCUT2D eigenvalue weighted by molar-refractivity contribution is 7.90. The first-order valence-corrected chi connectivity index (χ1v) is 13.9. The van der Waals surface area contributed by atoms with Crippen LogP contribution in [0.15, 0.2) is 59.8 Å². The molecular weight excluding hydrogens is 514 g/mol. The van der Waals surface area contributed by atoms with Crippen LogP contribution in [-0.4, -0.2) is 63.7 Å². The van der Waals surface area contributed by atoms with Crippen molar-refractivity contribution in [2.45, 2.75) is 24.2 Å². The standard InChI is InChI=1S/C26H28ClN5O4S/c1-37(35)19-8-9-20(22(16-19)36-15-5-14-32-12-2-3-13-32)25(33)30-21-6-4-11-28-24(21)26(34)31-23-10-7-18(27)17-29-23/h4,6-11,16-17H,2-3,5,12-15H2,1H3,(H,30,33)(H,29,31,34). The van der Waals surface area contributed by atoms with E-state index in [1.165, 1.54) is 25.2 Å². The van der Waals surface area contributed by atoms with Crippen molar-refractivity contribution in [2.75, 3.05) is 43.1 Å². The summed E-state index contributed by atoms with van der Waals surface area (Å²) in [6, 6.07) is 11.2. The van der Waals surface area contributed by atoms with Crippen molar-refractivity contribution in [1.82, 2.24) is 14.9 Å². The number of ether oxygens (including phenoxy) is 1. The summed E-state index contributed by atoms with van der Waals surface area (Å²) in [7, 11) is 0. The Labute approximate surface area is 223 Å². The zero-order valence-corrected chi connectivity index (χ0v) is 22.0. The van der Waals surface area contributed by atoms with Crippen molar-refractivity contribution in [3.05, 3.63) is 71.1 Å². The first-order valence-electron chi connectivity index (χ1n) is 11.9. The smallest absolute Gasteiger partial charge is 0.277 e. The second kappa shape index (κ2) is 12.9. The minimum Gasteiger partial charge on any atom is -0.612 e. The molecule has 1 aromatic carbocycles. The Morgan fingerprint density at radius 1 is 1.11 bits per heavy atom. The Kier molecular flexibility index (Phi) is 9.34. The van der Waals surface area contributed by atoms with E-state index in [9.17, 15) is 14.1 Å². The SMILES string of the molecule is C[S+]([O-])c1ccc(C(=O)Nc2cccnc2C(=O)Nc2ccc(Cl)cn2)c(OCCCN2CCCC2)c1. The molecule has 2 N–H and O–H groups in total. The van der Waals surface area contributed by atoms with Crippen LogP contribution in [0.2, 0.25) is 5.02 Å². The Bertz CT molecular complexity index is 1240. The third-order valence-electron chi connectivity index (χ3n) is 5.84. The number of carbonyl (C=O) groups is 2. The van der Waals surface area contributed by atoms with E-state index in [2.05, 4.69) is 25.5 Å². The lowest BCUT2D eigenvalue weighted by Crippen LogP contribution is -2.22. The maximum absolute atomic E-state index is 13.3. The van der Waals surface area contributed by atoms with Gasteiger partial charge in [-0.15, -0.1) is 0 Å². The van der Waals surface area contributed by atoms with Crippen molar-refractivity contribution < 1.29 is 18.9 Å². The van der Waals surface area contributed by atoms with Crippen LogP contribution in [-0.2, 0) is 11.2 Å². The highest BCUT2D eigenvalue weighted by Crippen LogP contribution is 2.26. The molecule has 3 heterocycles. The molecule has 2 aromatic heterocycles. The summed E-state index contributed by atoms with van der Waals surface area (Å²) in [5.74, 6) is -0.382. The Hall–Kier alpha value is -3.18. The Balaban J connectivity index is 1.48. The molecule has 1 atom stereocenters. The predicted octanol–water partition coefficient (Wildman–Crippen LogP) is 4.24. The summed E-state index contributed by atoms with van der Waals surface area (Å²) >= 11 is 4.62. The largest absolute Gasteiger partial charge is 0.612 e. The maximum Gasteiger partial charge on any atom is 0.277 e. The summed E-state index contributed by atoms with van der Waals surface area (Å²) in [5, 5.41) is 5.84. The molecule has 0 radical (unpaired) electrons. The van der Waals surface area contributed by atoms with Gasteiger partial charge in [0.15, 0.2) is 10.6 Å². The number of likely N-dealkylation sites (tertiary alicyclic amines) is 1. The monoisotopic (exact) mass is 541 g/mol. The van der Waals surface area contributed by atoms with Crippen LogP contribution in [0.5, 0.6) is 5.75 Å². The van der Waals surface area contributed by atoms with Gasteiger partial charge >= 0.3 is 0 Å². The number of rotatable bonds is 10. The Morgan fingerprint density at radius 3 is 2.65 bits per heavy atom. The fourth-order valence-corrected chi connectivity index (χ4v) is 4.61. The van der Waals surface area contributed by atoms with Crippen LogP contribution in [0.4, 0.5) is 11.5 Å². The van der Waals surface area contributed by atoms with Crippen molar-refractivity contribution in [1.29, 1.82) is 0 Å². The first-order chi connectivity index (χ1) is 17.9. The lowest BCUT2D eigenvalue weighted by molar-refractivity contribution is 0.102. The summed E-state index contributed by atoms with van der Waals surface area (Å²) in [5.41, 5.74) is 0.513. The van der Waals surface area contributed by atoms with Gasteiger partial charge in [0.2, 0.25) is 0 Å². The molecule has 2 amide bonds. The van der Waals surface area contributed by atoms with Crippen molar-refractivity contribution in [3.8, 4) is 5.75 Å². The molecule has 194 valence electrons.